The van der Waals surface area contributed by atoms with Crippen LogP contribution in [0.3, 0.4) is 0 Å². The molecule has 4 rings (SSSR count). The Morgan fingerprint density at radius 1 is 1.43 bits per heavy atom. The molecule has 3 aromatic heterocycles. The van der Waals surface area contributed by atoms with E-state index in [1.54, 1.807) is 28.0 Å². The molecule has 1 N–H and O–H groups in total. The van der Waals surface area contributed by atoms with Gasteiger partial charge >= 0.3 is 0 Å². The minimum Gasteiger partial charge on any atom is -0.331 e. The van der Waals surface area contributed by atoms with Crippen LogP contribution in [0.15, 0.2) is 29.8 Å². The Morgan fingerprint density at radius 3 is 3.09 bits per heavy atom. The molecule has 1 aliphatic rings. The van der Waals surface area contributed by atoms with Crippen LogP contribution in [-0.2, 0) is 11.8 Å². The average molecular weight is 349 g/mol. The van der Waals surface area contributed by atoms with Crippen molar-refractivity contribution < 1.29 is 4.79 Å². The van der Waals surface area contributed by atoms with Gasteiger partial charge in [0.25, 0.3) is 0 Å². The Morgan fingerprint density at radius 2 is 2.30 bits per heavy atom. The van der Waals surface area contributed by atoms with Gasteiger partial charge in [-0.2, -0.15) is 5.10 Å². The maximum atomic E-state index is 12.6. The van der Waals surface area contributed by atoms with Crippen LogP contribution in [0.25, 0.3) is 11.2 Å². The highest BCUT2D eigenvalue weighted by Gasteiger charge is 2.34. The molecule has 1 atom stereocenters. The summed E-state index contributed by atoms with van der Waals surface area (Å²) < 4.78 is 1.69. The highest BCUT2D eigenvalue weighted by atomic mass is 35.5. The Bertz CT molecular complexity index is 890. The van der Waals surface area contributed by atoms with E-state index in [2.05, 4.69) is 20.1 Å². The zero-order chi connectivity index (χ0) is 16.0. The second kappa shape index (κ2) is 5.54. The van der Waals surface area contributed by atoms with Crippen molar-refractivity contribution in [2.75, 3.05) is 11.4 Å². The second-order valence-electron chi connectivity index (χ2n) is 5.32. The minimum absolute atomic E-state index is 0.0782. The first-order valence-electron chi connectivity index (χ1n) is 7.08. The number of anilines is 1. The molecule has 0 aromatic carbocycles. The number of carbonyl (C=O) groups excluding carboxylic acids is 1. The van der Waals surface area contributed by atoms with Crippen molar-refractivity contribution in [2.45, 2.75) is 16.8 Å². The summed E-state index contributed by atoms with van der Waals surface area (Å²) in [6.07, 6.45) is 5.88. The third-order valence-corrected chi connectivity index (χ3v) is 5.04. The number of halogens is 1. The number of pyridine rings is 1. The van der Waals surface area contributed by atoms with Crippen LogP contribution in [0.5, 0.6) is 0 Å². The van der Waals surface area contributed by atoms with Crippen LogP contribution in [0.1, 0.15) is 6.42 Å². The van der Waals surface area contributed by atoms with Crippen LogP contribution in [0.2, 0.25) is 5.02 Å². The summed E-state index contributed by atoms with van der Waals surface area (Å²) >= 11 is 7.35. The summed E-state index contributed by atoms with van der Waals surface area (Å²) in [6, 6.07) is 1.78. The topological polar surface area (TPSA) is 79.7 Å². The lowest BCUT2D eigenvalue weighted by atomic mass is 10.4. The SMILES string of the molecule is Cn1cc(N2CC[C@@H](Sc3nc4ncc(Cl)cc4[nH]3)C2=O)cn1. The zero-order valence-corrected chi connectivity index (χ0v) is 13.8. The number of aryl methyl sites for hydroxylation is 1. The first-order chi connectivity index (χ1) is 11.1. The molecule has 1 aliphatic heterocycles. The molecule has 23 heavy (non-hydrogen) atoms. The predicted octanol–water partition coefficient (Wildman–Crippen LogP) is 2.24. The normalized spacial score (nSPS) is 18.3. The fraction of sp³-hybridized carbons (Fsp3) is 0.286. The molecular weight excluding hydrogens is 336 g/mol. The molecule has 0 spiro atoms. The minimum atomic E-state index is -0.161. The highest BCUT2D eigenvalue weighted by Crippen LogP contribution is 2.32. The van der Waals surface area contributed by atoms with Gasteiger partial charge in [0.1, 0.15) is 0 Å². The van der Waals surface area contributed by atoms with E-state index in [1.807, 2.05) is 13.2 Å². The molecule has 1 amide bonds. The van der Waals surface area contributed by atoms with E-state index >= 15 is 0 Å². The van der Waals surface area contributed by atoms with Crippen molar-refractivity contribution in [2.24, 2.45) is 7.05 Å². The molecule has 1 saturated heterocycles. The zero-order valence-electron chi connectivity index (χ0n) is 12.2. The summed E-state index contributed by atoms with van der Waals surface area (Å²) in [5, 5.41) is 5.19. The summed E-state index contributed by atoms with van der Waals surface area (Å²) in [5.74, 6) is 0.0782. The predicted molar refractivity (Wildman–Crippen MR) is 88.7 cm³/mol. The molecule has 4 heterocycles. The largest absolute Gasteiger partial charge is 0.331 e. The second-order valence-corrected chi connectivity index (χ2v) is 6.95. The van der Waals surface area contributed by atoms with Crippen molar-refractivity contribution in [1.82, 2.24) is 24.7 Å². The number of hydrogen-bond acceptors (Lipinski definition) is 5. The average Bonchev–Trinajstić information content (AvgIpc) is 3.19. The molecule has 0 unspecified atom stereocenters. The van der Waals surface area contributed by atoms with Gasteiger partial charge in [0.15, 0.2) is 10.8 Å². The summed E-state index contributed by atoms with van der Waals surface area (Å²) in [4.78, 5) is 26.1. The van der Waals surface area contributed by atoms with Gasteiger partial charge in [-0.3, -0.25) is 9.48 Å². The van der Waals surface area contributed by atoms with Gasteiger partial charge in [0.2, 0.25) is 5.91 Å². The number of nitrogens with zero attached hydrogens (tertiary/aromatic N) is 5. The number of imidazole rings is 1. The number of hydrogen-bond donors (Lipinski definition) is 1. The number of nitrogens with one attached hydrogen (secondary N) is 1. The van der Waals surface area contributed by atoms with Gasteiger partial charge in [-0.1, -0.05) is 23.4 Å². The lowest BCUT2D eigenvalue weighted by Gasteiger charge is -2.13. The molecule has 0 bridgehead atoms. The molecule has 0 aliphatic carbocycles. The van der Waals surface area contributed by atoms with Gasteiger partial charge in [-0.25, -0.2) is 9.97 Å². The van der Waals surface area contributed by atoms with E-state index in [4.69, 9.17) is 11.6 Å². The number of aromatic amines is 1. The maximum absolute atomic E-state index is 12.6. The molecule has 118 valence electrons. The summed E-state index contributed by atoms with van der Waals surface area (Å²) in [6.45, 7) is 0.687. The van der Waals surface area contributed by atoms with Gasteiger partial charge in [-0.05, 0) is 12.5 Å². The fourth-order valence-corrected chi connectivity index (χ4v) is 3.80. The third-order valence-electron chi connectivity index (χ3n) is 3.70. The summed E-state index contributed by atoms with van der Waals surface area (Å²) in [5.41, 5.74) is 2.21. The van der Waals surface area contributed by atoms with Crippen molar-refractivity contribution in [3.05, 3.63) is 29.7 Å². The molecular formula is C14H13ClN6OS. The van der Waals surface area contributed by atoms with Crippen LogP contribution < -0.4 is 4.90 Å². The lowest BCUT2D eigenvalue weighted by molar-refractivity contribution is -0.116. The van der Waals surface area contributed by atoms with Gasteiger partial charge in [0.05, 0.1) is 27.7 Å². The third kappa shape index (κ3) is 2.68. The molecule has 7 nitrogen and oxygen atoms in total. The van der Waals surface area contributed by atoms with Crippen molar-refractivity contribution >= 4 is 46.1 Å². The molecule has 9 heteroatoms. The first-order valence-corrected chi connectivity index (χ1v) is 8.34. The fourth-order valence-electron chi connectivity index (χ4n) is 2.61. The first kappa shape index (κ1) is 14.5. The number of amides is 1. The van der Waals surface area contributed by atoms with Gasteiger partial charge in [-0.15, -0.1) is 0 Å². The van der Waals surface area contributed by atoms with Gasteiger partial charge < -0.3 is 9.88 Å². The number of rotatable bonds is 3. The van der Waals surface area contributed by atoms with Crippen molar-refractivity contribution in [3.63, 3.8) is 0 Å². The maximum Gasteiger partial charge on any atom is 0.240 e. The van der Waals surface area contributed by atoms with Crippen LogP contribution in [0, 0.1) is 0 Å². The number of aromatic nitrogens is 5. The standard InChI is InChI=1S/C14H13ClN6OS/c1-20-7-9(6-17-20)21-3-2-11(13(21)22)23-14-18-10-4-8(15)5-16-12(10)19-14/h4-7,11H,2-3H2,1H3,(H,16,18,19)/t11-/m1/s1. The van der Waals surface area contributed by atoms with Crippen molar-refractivity contribution in [3.8, 4) is 0 Å². The summed E-state index contributed by atoms with van der Waals surface area (Å²) in [7, 11) is 1.84. The number of H-pyrrole nitrogens is 1. The smallest absolute Gasteiger partial charge is 0.240 e. The monoisotopic (exact) mass is 348 g/mol. The van der Waals surface area contributed by atoms with Crippen LogP contribution >= 0.6 is 23.4 Å². The Hall–Kier alpha value is -2.06. The van der Waals surface area contributed by atoms with Crippen molar-refractivity contribution in [1.29, 1.82) is 0 Å². The van der Waals surface area contributed by atoms with Crippen LogP contribution in [-0.4, -0.2) is 42.4 Å². The van der Waals surface area contributed by atoms with E-state index in [1.165, 1.54) is 11.8 Å². The Kier molecular flexibility index (Phi) is 3.50. The molecule has 1 fully saturated rings. The van der Waals surface area contributed by atoms with Crippen LogP contribution in [0.4, 0.5) is 5.69 Å². The Labute approximate surface area is 141 Å². The Balaban J connectivity index is 1.53. The van der Waals surface area contributed by atoms with E-state index in [0.717, 1.165) is 17.6 Å². The molecule has 0 saturated carbocycles. The quantitative estimate of drug-likeness (QED) is 0.785. The highest BCUT2D eigenvalue weighted by molar-refractivity contribution is 8.00. The molecule has 3 aromatic rings. The van der Waals surface area contributed by atoms with E-state index in [-0.39, 0.29) is 11.2 Å². The van der Waals surface area contributed by atoms with E-state index < -0.39 is 0 Å². The number of fused-ring (bicyclic) bond motifs is 1. The number of carbonyl (C=O) groups is 1. The van der Waals surface area contributed by atoms with E-state index in [9.17, 15) is 4.79 Å². The van der Waals surface area contributed by atoms with E-state index in [0.29, 0.717) is 22.4 Å². The lowest BCUT2D eigenvalue weighted by Crippen LogP contribution is -2.27. The molecule has 0 radical (unpaired) electrons. The number of thioether (sulfide) groups is 1. The van der Waals surface area contributed by atoms with Gasteiger partial charge in [0, 0.05) is 26.0 Å².